The fourth-order valence-electron chi connectivity index (χ4n) is 2.40. The zero-order valence-electron chi connectivity index (χ0n) is 12.1. The fourth-order valence-corrected chi connectivity index (χ4v) is 2.92. The van der Waals surface area contributed by atoms with Crippen molar-refractivity contribution >= 4 is 51.2 Å². The summed E-state index contributed by atoms with van der Waals surface area (Å²) >= 11 is 2.28. The molecule has 3 heterocycles. The van der Waals surface area contributed by atoms with Gasteiger partial charge in [-0.2, -0.15) is 0 Å². The molecule has 4 rings (SSSR count). The van der Waals surface area contributed by atoms with Crippen LogP contribution in [0.3, 0.4) is 0 Å². The van der Waals surface area contributed by atoms with Crippen LogP contribution >= 0.6 is 22.6 Å². The van der Waals surface area contributed by atoms with Gasteiger partial charge in [0.05, 0.1) is 18.9 Å². The summed E-state index contributed by atoms with van der Waals surface area (Å²) in [6.45, 7) is 2.84. The third-order valence-electron chi connectivity index (χ3n) is 3.53. The van der Waals surface area contributed by atoms with E-state index >= 15 is 0 Å². The van der Waals surface area contributed by atoms with E-state index in [-0.39, 0.29) is 0 Å². The average Bonchev–Trinajstić information content (AvgIpc) is 3.04. The van der Waals surface area contributed by atoms with Gasteiger partial charge >= 0.3 is 0 Å². The van der Waals surface area contributed by atoms with Crippen molar-refractivity contribution in [2.24, 2.45) is 0 Å². The second-order valence-electron chi connectivity index (χ2n) is 5.01. The molecule has 3 aromatic rings. The van der Waals surface area contributed by atoms with Gasteiger partial charge in [-0.25, -0.2) is 14.6 Å². The van der Waals surface area contributed by atoms with E-state index in [1.807, 2.05) is 24.3 Å². The maximum atomic E-state index is 5.41. The predicted octanol–water partition coefficient (Wildman–Crippen LogP) is 2.20. The predicted molar refractivity (Wildman–Crippen MR) is 92.9 cm³/mol. The lowest BCUT2D eigenvalue weighted by Crippen LogP contribution is -2.37. The molecule has 0 bridgehead atoms. The number of anilines is 3. The van der Waals surface area contributed by atoms with Crippen molar-refractivity contribution in [3.8, 4) is 0 Å². The van der Waals surface area contributed by atoms with Crippen molar-refractivity contribution in [2.45, 2.75) is 0 Å². The smallest absolute Gasteiger partial charge is 0.245 e. The standard InChI is InChI=1S/C14H13IN6O2/c15-9-3-1-2-4-10(9)16-13-14(21-5-7-22-8-6-21)18-12-11(17-13)19-23-20-12/h1-4H,5-8H2,(H,16,17,19). The van der Waals surface area contributed by atoms with Crippen LogP contribution in [0.15, 0.2) is 28.9 Å². The number of rotatable bonds is 3. The van der Waals surface area contributed by atoms with Gasteiger partial charge in [-0.1, -0.05) is 12.1 Å². The first kappa shape index (κ1) is 14.6. The minimum atomic E-state index is 0.385. The molecule has 1 aliphatic heterocycles. The monoisotopic (exact) mass is 424 g/mol. The Morgan fingerprint density at radius 3 is 2.57 bits per heavy atom. The second-order valence-corrected chi connectivity index (χ2v) is 6.17. The Hall–Kier alpha value is -2.01. The van der Waals surface area contributed by atoms with Crippen LogP contribution in [0.2, 0.25) is 0 Å². The van der Waals surface area contributed by atoms with Gasteiger partial charge in [0.1, 0.15) is 0 Å². The Labute approximate surface area is 145 Å². The molecule has 118 valence electrons. The summed E-state index contributed by atoms with van der Waals surface area (Å²) in [6.07, 6.45) is 0. The van der Waals surface area contributed by atoms with E-state index in [0.717, 1.165) is 28.2 Å². The number of benzene rings is 1. The Balaban J connectivity index is 1.77. The van der Waals surface area contributed by atoms with Gasteiger partial charge in [-0.15, -0.1) is 0 Å². The molecule has 0 radical (unpaired) electrons. The molecule has 1 aliphatic rings. The molecule has 0 spiro atoms. The highest BCUT2D eigenvalue weighted by molar-refractivity contribution is 14.1. The molecule has 23 heavy (non-hydrogen) atoms. The lowest BCUT2D eigenvalue weighted by molar-refractivity contribution is 0.122. The quantitative estimate of drug-likeness (QED) is 0.641. The number of nitrogens with zero attached hydrogens (tertiary/aromatic N) is 5. The maximum absolute atomic E-state index is 5.41. The van der Waals surface area contributed by atoms with Gasteiger partial charge in [0.2, 0.25) is 11.3 Å². The van der Waals surface area contributed by atoms with Crippen molar-refractivity contribution in [1.29, 1.82) is 0 Å². The van der Waals surface area contributed by atoms with E-state index < -0.39 is 0 Å². The van der Waals surface area contributed by atoms with Gasteiger partial charge in [0.15, 0.2) is 11.6 Å². The number of fused-ring (bicyclic) bond motifs is 1. The first-order valence-corrected chi connectivity index (χ1v) is 8.24. The molecule has 0 amide bonds. The van der Waals surface area contributed by atoms with Crippen LogP contribution in [0.4, 0.5) is 17.3 Å². The molecule has 9 heteroatoms. The molecule has 1 N–H and O–H groups in total. The topological polar surface area (TPSA) is 89.2 Å². The van der Waals surface area contributed by atoms with Crippen LogP contribution < -0.4 is 10.2 Å². The van der Waals surface area contributed by atoms with Crippen molar-refractivity contribution in [1.82, 2.24) is 20.3 Å². The Morgan fingerprint density at radius 1 is 1.04 bits per heavy atom. The molecule has 0 saturated carbocycles. The number of para-hydroxylation sites is 1. The average molecular weight is 424 g/mol. The summed E-state index contributed by atoms with van der Waals surface area (Å²) < 4.78 is 11.2. The van der Waals surface area contributed by atoms with Crippen molar-refractivity contribution in [2.75, 3.05) is 36.5 Å². The van der Waals surface area contributed by atoms with Gasteiger partial charge in [0, 0.05) is 16.7 Å². The minimum absolute atomic E-state index is 0.385. The number of aromatic nitrogens is 4. The molecule has 0 atom stereocenters. The number of morpholine rings is 1. The van der Waals surface area contributed by atoms with Crippen LogP contribution in [-0.4, -0.2) is 46.6 Å². The molecular formula is C14H13IN6O2. The zero-order valence-corrected chi connectivity index (χ0v) is 14.2. The summed E-state index contributed by atoms with van der Waals surface area (Å²) in [6, 6.07) is 7.99. The van der Waals surface area contributed by atoms with Crippen LogP contribution in [0.5, 0.6) is 0 Å². The molecule has 2 aromatic heterocycles. The van der Waals surface area contributed by atoms with Gasteiger partial charge in [0.25, 0.3) is 0 Å². The molecule has 1 fully saturated rings. The van der Waals surface area contributed by atoms with Gasteiger partial charge in [-0.3, -0.25) is 0 Å². The molecular weight excluding hydrogens is 411 g/mol. The van der Waals surface area contributed by atoms with E-state index in [9.17, 15) is 0 Å². The maximum Gasteiger partial charge on any atom is 0.245 e. The molecule has 0 aliphatic carbocycles. The van der Waals surface area contributed by atoms with Crippen LogP contribution in [0.1, 0.15) is 0 Å². The van der Waals surface area contributed by atoms with Gasteiger partial charge < -0.3 is 15.0 Å². The molecule has 8 nitrogen and oxygen atoms in total. The largest absolute Gasteiger partial charge is 0.378 e. The zero-order chi connectivity index (χ0) is 15.6. The van der Waals surface area contributed by atoms with E-state index in [1.54, 1.807) is 0 Å². The summed E-state index contributed by atoms with van der Waals surface area (Å²) in [7, 11) is 0. The number of ether oxygens (including phenoxy) is 1. The van der Waals surface area contributed by atoms with Gasteiger partial charge in [-0.05, 0) is 45.0 Å². The van der Waals surface area contributed by atoms with Crippen molar-refractivity contribution in [3.63, 3.8) is 0 Å². The summed E-state index contributed by atoms with van der Waals surface area (Å²) in [5.41, 5.74) is 1.75. The minimum Gasteiger partial charge on any atom is -0.378 e. The van der Waals surface area contributed by atoms with E-state index in [4.69, 9.17) is 9.37 Å². The fraction of sp³-hybridized carbons (Fsp3) is 0.286. The van der Waals surface area contributed by atoms with Crippen LogP contribution in [-0.2, 0) is 4.74 Å². The highest BCUT2D eigenvalue weighted by atomic mass is 127. The molecule has 0 unspecified atom stereocenters. The summed E-state index contributed by atoms with van der Waals surface area (Å²) in [5.74, 6) is 1.37. The van der Waals surface area contributed by atoms with E-state index in [0.29, 0.717) is 30.3 Å². The first-order valence-electron chi connectivity index (χ1n) is 7.16. The molecule has 1 aromatic carbocycles. The number of hydrogen-bond donors (Lipinski definition) is 1. The third-order valence-corrected chi connectivity index (χ3v) is 4.47. The summed E-state index contributed by atoms with van der Waals surface area (Å²) in [5, 5.41) is 10.9. The first-order chi connectivity index (χ1) is 11.3. The lowest BCUT2D eigenvalue weighted by Gasteiger charge is -2.28. The normalized spacial score (nSPS) is 15.1. The van der Waals surface area contributed by atoms with Crippen molar-refractivity contribution < 1.29 is 9.37 Å². The highest BCUT2D eigenvalue weighted by Gasteiger charge is 2.21. The second kappa shape index (κ2) is 6.24. The summed E-state index contributed by atoms with van der Waals surface area (Å²) in [4.78, 5) is 11.2. The SMILES string of the molecule is Ic1ccccc1Nc1nc2nonc2nc1N1CCOCC1. The van der Waals surface area contributed by atoms with Crippen molar-refractivity contribution in [3.05, 3.63) is 27.8 Å². The van der Waals surface area contributed by atoms with Crippen LogP contribution in [0, 0.1) is 3.57 Å². The Kier molecular flexibility index (Phi) is 3.95. The number of halogens is 1. The van der Waals surface area contributed by atoms with E-state index in [1.165, 1.54) is 0 Å². The van der Waals surface area contributed by atoms with E-state index in [2.05, 4.69) is 53.1 Å². The number of hydrogen-bond acceptors (Lipinski definition) is 8. The van der Waals surface area contributed by atoms with Crippen LogP contribution in [0.25, 0.3) is 11.3 Å². The molecule has 1 saturated heterocycles. The third kappa shape index (κ3) is 2.93. The highest BCUT2D eigenvalue weighted by Crippen LogP contribution is 2.29. The Bertz CT molecular complexity index is 833. The Morgan fingerprint density at radius 2 is 1.78 bits per heavy atom. The number of nitrogens with one attached hydrogen (secondary N) is 1. The lowest BCUT2D eigenvalue weighted by atomic mass is 10.3.